The van der Waals surface area contributed by atoms with Crippen LogP contribution in [0.4, 0.5) is 5.69 Å². The van der Waals surface area contributed by atoms with E-state index in [0.29, 0.717) is 24.4 Å². The fraction of sp³-hybridized carbons (Fsp3) is 0.333. The van der Waals surface area contributed by atoms with Crippen molar-refractivity contribution in [2.24, 2.45) is 0 Å². The fourth-order valence-electron chi connectivity index (χ4n) is 2.39. The first-order valence-electron chi connectivity index (χ1n) is 8.65. The van der Waals surface area contributed by atoms with Gasteiger partial charge in [0.25, 0.3) is 5.91 Å². The van der Waals surface area contributed by atoms with Crippen LogP contribution in [0.15, 0.2) is 48.5 Å². The van der Waals surface area contributed by atoms with Gasteiger partial charge in [0, 0.05) is 18.2 Å². The summed E-state index contributed by atoms with van der Waals surface area (Å²) in [7, 11) is 0. The van der Waals surface area contributed by atoms with Gasteiger partial charge in [0.2, 0.25) is 5.91 Å². The summed E-state index contributed by atoms with van der Waals surface area (Å²) in [4.78, 5) is 23.1. The molecule has 0 spiro atoms. The summed E-state index contributed by atoms with van der Waals surface area (Å²) in [5.74, 6) is 0.466. The molecule has 5 heteroatoms. The van der Waals surface area contributed by atoms with Gasteiger partial charge in [-0.1, -0.05) is 32.9 Å². The van der Waals surface area contributed by atoms with Crippen LogP contribution in [0.2, 0.25) is 0 Å². The minimum absolute atomic E-state index is 0.113. The molecule has 0 aliphatic carbocycles. The van der Waals surface area contributed by atoms with Crippen LogP contribution in [0.1, 0.15) is 43.6 Å². The first-order valence-corrected chi connectivity index (χ1v) is 8.65. The molecule has 0 aliphatic heterocycles. The van der Waals surface area contributed by atoms with Crippen LogP contribution in [-0.2, 0) is 10.2 Å². The molecule has 0 saturated heterocycles. The molecule has 5 nitrogen and oxygen atoms in total. The highest BCUT2D eigenvalue weighted by molar-refractivity contribution is 5.95. The van der Waals surface area contributed by atoms with Gasteiger partial charge in [0.1, 0.15) is 12.4 Å². The Morgan fingerprint density at radius 1 is 0.962 bits per heavy atom. The van der Waals surface area contributed by atoms with E-state index < -0.39 is 0 Å². The lowest BCUT2D eigenvalue weighted by Gasteiger charge is -2.19. The maximum atomic E-state index is 12.1. The summed E-state index contributed by atoms with van der Waals surface area (Å²) in [6.07, 6.45) is 0. The molecule has 2 rings (SSSR count). The average molecular weight is 354 g/mol. The summed E-state index contributed by atoms with van der Waals surface area (Å²) >= 11 is 0. The Labute approximate surface area is 154 Å². The predicted molar refractivity (Wildman–Crippen MR) is 104 cm³/mol. The number of hydrogen-bond donors (Lipinski definition) is 2. The molecule has 0 unspecified atom stereocenters. The smallest absolute Gasteiger partial charge is 0.251 e. The molecular weight excluding hydrogens is 328 g/mol. The summed E-state index contributed by atoms with van der Waals surface area (Å²) in [6, 6.07) is 14.8. The monoisotopic (exact) mass is 354 g/mol. The second-order valence-corrected chi connectivity index (χ2v) is 7.14. The Bertz CT molecular complexity index is 744. The molecule has 2 aromatic carbocycles. The lowest BCUT2D eigenvalue weighted by Crippen LogP contribution is -2.28. The third-order valence-corrected chi connectivity index (χ3v) is 3.84. The van der Waals surface area contributed by atoms with Crippen LogP contribution in [0.3, 0.4) is 0 Å². The topological polar surface area (TPSA) is 67.4 Å². The molecule has 0 aliphatic rings. The summed E-state index contributed by atoms with van der Waals surface area (Å²) in [6.45, 7) is 8.75. The van der Waals surface area contributed by atoms with Crippen LogP contribution in [-0.4, -0.2) is 25.0 Å². The number of ether oxygens (including phenoxy) is 1. The van der Waals surface area contributed by atoms with Crippen molar-refractivity contribution in [1.82, 2.24) is 5.32 Å². The van der Waals surface area contributed by atoms with E-state index in [4.69, 9.17) is 4.74 Å². The van der Waals surface area contributed by atoms with Gasteiger partial charge in [-0.25, -0.2) is 0 Å². The van der Waals surface area contributed by atoms with Crippen LogP contribution in [0.25, 0.3) is 0 Å². The Morgan fingerprint density at radius 2 is 1.58 bits per heavy atom. The number of anilines is 1. The second-order valence-electron chi connectivity index (χ2n) is 7.14. The zero-order chi connectivity index (χ0) is 19.2. The van der Waals surface area contributed by atoms with E-state index in [2.05, 4.69) is 43.5 Å². The van der Waals surface area contributed by atoms with Crippen molar-refractivity contribution in [2.45, 2.75) is 33.1 Å². The van der Waals surface area contributed by atoms with Crippen molar-refractivity contribution < 1.29 is 14.3 Å². The average Bonchev–Trinajstić information content (AvgIpc) is 2.58. The number of rotatable bonds is 6. The second kappa shape index (κ2) is 8.52. The molecule has 0 radical (unpaired) electrons. The Hall–Kier alpha value is -2.82. The third-order valence-electron chi connectivity index (χ3n) is 3.84. The lowest BCUT2D eigenvalue weighted by atomic mass is 9.87. The quantitative estimate of drug-likeness (QED) is 0.776. The summed E-state index contributed by atoms with van der Waals surface area (Å²) in [5.41, 5.74) is 2.56. The largest absolute Gasteiger partial charge is 0.492 e. The van der Waals surface area contributed by atoms with Gasteiger partial charge < -0.3 is 15.4 Å². The Kier molecular flexibility index (Phi) is 6.39. The number of carbonyl (C=O) groups excluding carboxylic acids is 2. The minimum Gasteiger partial charge on any atom is -0.492 e. The van der Waals surface area contributed by atoms with Crippen molar-refractivity contribution in [2.75, 3.05) is 18.5 Å². The highest BCUT2D eigenvalue weighted by Crippen LogP contribution is 2.24. The van der Waals surface area contributed by atoms with Crippen LogP contribution < -0.4 is 15.4 Å². The Balaban J connectivity index is 1.77. The zero-order valence-electron chi connectivity index (χ0n) is 15.8. The van der Waals surface area contributed by atoms with Crippen molar-refractivity contribution in [1.29, 1.82) is 0 Å². The van der Waals surface area contributed by atoms with E-state index in [1.165, 1.54) is 12.5 Å². The fourth-order valence-corrected chi connectivity index (χ4v) is 2.39. The van der Waals surface area contributed by atoms with Crippen LogP contribution in [0.5, 0.6) is 5.75 Å². The van der Waals surface area contributed by atoms with Crippen molar-refractivity contribution >= 4 is 17.5 Å². The maximum absolute atomic E-state index is 12.1. The number of amides is 2. The molecule has 2 N–H and O–H groups in total. The van der Waals surface area contributed by atoms with Gasteiger partial charge >= 0.3 is 0 Å². The van der Waals surface area contributed by atoms with E-state index >= 15 is 0 Å². The van der Waals surface area contributed by atoms with Gasteiger partial charge in [0.15, 0.2) is 0 Å². The van der Waals surface area contributed by atoms with Gasteiger partial charge in [-0.15, -0.1) is 0 Å². The molecular formula is C21H26N2O3. The van der Waals surface area contributed by atoms with Crippen LogP contribution >= 0.6 is 0 Å². The lowest BCUT2D eigenvalue weighted by molar-refractivity contribution is -0.114. The number of nitrogens with one attached hydrogen (secondary N) is 2. The van der Waals surface area contributed by atoms with Gasteiger partial charge in [0.05, 0.1) is 6.54 Å². The van der Waals surface area contributed by atoms with E-state index in [9.17, 15) is 9.59 Å². The highest BCUT2D eigenvalue weighted by Gasteiger charge is 2.13. The summed E-state index contributed by atoms with van der Waals surface area (Å²) in [5, 5.41) is 5.48. The van der Waals surface area contributed by atoms with E-state index in [-0.39, 0.29) is 17.2 Å². The molecule has 0 bridgehead atoms. The SMILES string of the molecule is CC(=O)Nc1ccc(C(=O)NCCOc2ccc(C(C)(C)C)cc2)cc1. The standard InChI is InChI=1S/C21H26N2O3/c1-15(24)23-18-9-5-16(6-10-18)20(25)22-13-14-26-19-11-7-17(8-12-19)21(2,3)4/h5-12H,13-14H2,1-4H3,(H,22,25)(H,23,24). The van der Waals surface area contributed by atoms with E-state index in [1.54, 1.807) is 24.3 Å². The van der Waals surface area contributed by atoms with Gasteiger partial charge in [-0.3, -0.25) is 9.59 Å². The maximum Gasteiger partial charge on any atom is 0.251 e. The molecule has 138 valence electrons. The van der Waals surface area contributed by atoms with E-state index in [0.717, 1.165) is 5.75 Å². The normalized spacial score (nSPS) is 10.9. The minimum atomic E-state index is -0.175. The molecule has 0 saturated carbocycles. The van der Waals surface area contributed by atoms with Crippen molar-refractivity contribution in [3.8, 4) is 5.75 Å². The molecule has 0 fully saturated rings. The molecule has 0 atom stereocenters. The predicted octanol–water partition coefficient (Wildman–Crippen LogP) is 3.75. The number of hydrogen-bond acceptors (Lipinski definition) is 3. The highest BCUT2D eigenvalue weighted by atomic mass is 16.5. The molecule has 2 amide bonds. The van der Waals surface area contributed by atoms with Crippen LogP contribution in [0, 0.1) is 0 Å². The molecule has 0 aromatic heterocycles. The first kappa shape index (κ1) is 19.5. The van der Waals surface area contributed by atoms with Gasteiger partial charge in [-0.2, -0.15) is 0 Å². The Morgan fingerprint density at radius 3 is 2.12 bits per heavy atom. The number of carbonyl (C=O) groups is 2. The molecule has 2 aromatic rings. The first-order chi connectivity index (χ1) is 12.3. The zero-order valence-corrected chi connectivity index (χ0v) is 15.8. The number of benzene rings is 2. The van der Waals surface area contributed by atoms with Crippen molar-refractivity contribution in [3.05, 3.63) is 59.7 Å². The molecule has 0 heterocycles. The van der Waals surface area contributed by atoms with Gasteiger partial charge in [-0.05, 0) is 47.4 Å². The third kappa shape index (κ3) is 5.92. The van der Waals surface area contributed by atoms with Crippen molar-refractivity contribution in [3.63, 3.8) is 0 Å². The summed E-state index contributed by atoms with van der Waals surface area (Å²) < 4.78 is 5.66. The molecule has 26 heavy (non-hydrogen) atoms. The van der Waals surface area contributed by atoms with E-state index in [1.807, 2.05) is 12.1 Å².